The number of halogens is 2. The van der Waals surface area contributed by atoms with E-state index in [1.807, 2.05) is 19.9 Å². The number of H-pyrrole nitrogens is 1. The largest absolute Gasteiger partial charge is 0.344 e. The van der Waals surface area contributed by atoms with Crippen molar-refractivity contribution in [2.45, 2.75) is 30.8 Å². The topological polar surface area (TPSA) is 50.7 Å². The molecule has 0 bridgehead atoms. The van der Waals surface area contributed by atoms with Crippen molar-refractivity contribution in [1.82, 2.24) is 14.8 Å². The Morgan fingerprint density at radius 1 is 1.47 bits per heavy atom. The highest BCUT2D eigenvalue weighted by atomic mass is 79.9. The maximum atomic E-state index is 13.2. The minimum Gasteiger partial charge on any atom is -0.268 e. The van der Waals surface area contributed by atoms with Gasteiger partial charge in [-0.05, 0) is 37.6 Å². The second-order valence-electron chi connectivity index (χ2n) is 4.34. The van der Waals surface area contributed by atoms with Crippen molar-refractivity contribution >= 4 is 27.7 Å². The molecule has 0 atom stereocenters. The third-order valence-corrected chi connectivity index (χ3v) is 3.96. The van der Waals surface area contributed by atoms with Crippen LogP contribution in [0.1, 0.15) is 25.5 Å². The van der Waals surface area contributed by atoms with Gasteiger partial charge in [0, 0.05) is 16.3 Å². The van der Waals surface area contributed by atoms with Crippen LogP contribution in [0.15, 0.2) is 32.6 Å². The van der Waals surface area contributed by atoms with E-state index in [1.54, 1.807) is 4.57 Å². The second kappa shape index (κ2) is 5.92. The van der Waals surface area contributed by atoms with Gasteiger partial charge in [-0.1, -0.05) is 27.7 Å². The summed E-state index contributed by atoms with van der Waals surface area (Å²) < 4.78 is 15.5. The highest BCUT2D eigenvalue weighted by Gasteiger charge is 2.12. The van der Waals surface area contributed by atoms with Crippen LogP contribution >= 0.6 is 27.7 Å². The second-order valence-corrected chi connectivity index (χ2v) is 6.20. The molecule has 102 valence electrons. The van der Waals surface area contributed by atoms with Crippen LogP contribution in [0.2, 0.25) is 0 Å². The molecule has 1 heterocycles. The van der Waals surface area contributed by atoms with Crippen LogP contribution in [0.4, 0.5) is 4.39 Å². The number of thioether (sulfide) groups is 1. The average Bonchev–Trinajstić information content (AvgIpc) is 2.66. The number of rotatable bonds is 4. The van der Waals surface area contributed by atoms with Crippen LogP contribution in [0, 0.1) is 5.82 Å². The molecule has 0 fully saturated rings. The molecule has 4 nitrogen and oxygen atoms in total. The van der Waals surface area contributed by atoms with Crippen LogP contribution in [-0.4, -0.2) is 14.8 Å². The van der Waals surface area contributed by atoms with E-state index in [-0.39, 0.29) is 17.5 Å². The van der Waals surface area contributed by atoms with Gasteiger partial charge in [0.1, 0.15) is 5.82 Å². The molecular formula is C12H13BrFN3OS. The van der Waals surface area contributed by atoms with E-state index in [1.165, 1.54) is 23.9 Å². The van der Waals surface area contributed by atoms with Gasteiger partial charge >= 0.3 is 5.69 Å². The molecule has 0 aliphatic carbocycles. The van der Waals surface area contributed by atoms with Gasteiger partial charge in [-0.15, -0.1) is 5.10 Å². The maximum Gasteiger partial charge on any atom is 0.344 e. The average molecular weight is 346 g/mol. The predicted molar refractivity (Wildman–Crippen MR) is 76.9 cm³/mol. The van der Waals surface area contributed by atoms with Crippen LogP contribution in [0.25, 0.3) is 0 Å². The van der Waals surface area contributed by atoms with Crippen LogP contribution in [0.3, 0.4) is 0 Å². The van der Waals surface area contributed by atoms with E-state index in [2.05, 4.69) is 26.1 Å². The third kappa shape index (κ3) is 3.48. The van der Waals surface area contributed by atoms with Gasteiger partial charge in [0.05, 0.1) is 0 Å². The third-order valence-electron chi connectivity index (χ3n) is 2.48. The quantitative estimate of drug-likeness (QED) is 0.864. The summed E-state index contributed by atoms with van der Waals surface area (Å²) in [7, 11) is 0. The highest BCUT2D eigenvalue weighted by Crippen LogP contribution is 2.24. The molecule has 1 aromatic heterocycles. The van der Waals surface area contributed by atoms with Gasteiger partial charge in [-0.2, -0.15) is 0 Å². The first-order valence-electron chi connectivity index (χ1n) is 5.72. The Morgan fingerprint density at radius 3 is 2.84 bits per heavy atom. The van der Waals surface area contributed by atoms with E-state index in [0.29, 0.717) is 15.4 Å². The zero-order valence-corrected chi connectivity index (χ0v) is 12.9. The lowest BCUT2D eigenvalue weighted by Gasteiger charge is -2.08. The van der Waals surface area contributed by atoms with Gasteiger partial charge in [0.25, 0.3) is 0 Å². The van der Waals surface area contributed by atoms with Crippen LogP contribution in [0.5, 0.6) is 0 Å². The first-order chi connectivity index (χ1) is 8.97. The highest BCUT2D eigenvalue weighted by molar-refractivity contribution is 9.10. The fourth-order valence-corrected chi connectivity index (χ4v) is 3.21. The summed E-state index contributed by atoms with van der Waals surface area (Å²) in [5, 5.41) is 7.02. The summed E-state index contributed by atoms with van der Waals surface area (Å²) in [6, 6.07) is 4.77. The molecule has 0 radical (unpaired) electrons. The van der Waals surface area contributed by atoms with Gasteiger partial charge < -0.3 is 0 Å². The summed E-state index contributed by atoms with van der Waals surface area (Å²) in [5.41, 5.74) is 0.612. The Bertz CT molecular complexity index is 618. The molecule has 0 amide bonds. The Labute approximate surface area is 122 Å². The summed E-state index contributed by atoms with van der Waals surface area (Å²) in [4.78, 5) is 11.6. The Hall–Kier alpha value is -1.08. The number of hydrogen-bond acceptors (Lipinski definition) is 3. The SMILES string of the molecule is CC(C)n1c(SCc2cc(F)cc(Br)c2)n[nH]c1=O. The van der Waals surface area contributed by atoms with E-state index in [4.69, 9.17) is 0 Å². The van der Waals surface area contributed by atoms with Crippen LogP contribution in [-0.2, 0) is 5.75 Å². The summed E-state index contributed by atoms with van der Waals surface area (Å²) in [6.45, 7) is 3.83. The molecule has 19 heavy (non-hydrogen) atoms. The van der Waals surface area contributed by atoms with E-state index >= 15 is 0 Å². The first kappa shape index (κ1) is 14.3. The molecule has 0 unspecified atom stereocenters. The lowest BCUT2D eigenvalue weighted by molar-refractivity contribution is 0.534. The van der Waals surface area contributed by atoms with Crippen molar-refractivity contribution in [2.75, 3.05) is 0 Å². The Morgan fingerprint density at radius 2 is 2.21 bits per heavy atom. The Balaban J connectivity index is 2.17. The van der Waals surface area contributed by atoms with E-state index in [9.17, 15) is 9.18 Å². The summed E-state index contributed by atoms with van der Waals surface area (Å²) in [5.74, 6) is 0.265. The monoisotopic (exact) mass is 345 g/mol. The fraction of sp³-hybridized carbons (Fsp3) is 0.333. The zero-order chi connectivity index (χ0) is 14.0. The smallest absolute Gasteiger partial charge is 0.268 e. The minimum atomic E-state index is -0.284. The minimum absolute atomic E-state index is 0.0352. The number of benzene rings is 1. The number of aromatic amines is 1. The van der Waals surface area contributed by atoms with Crippen molar-refractivity contribution in [3.05, 3.63) is 44.5 Å². The van der Waals surface area contributed by atoms with E-state index < -0.39 is 0 Å². The number of nitrogens with one attached hydrogen (secondary N) is 1. The summed E-state index contributed by atoms with van der Waals surface area (Å²) >= 11 is 4.65. The molecule has 2 aromatic rings. The van der Waals surface area contributed by atoms with Crippen molar-refractivity contribution in [3.63, 3.8) is 0 Å². The molecule has 0 aliphatic rings. The lowest BCUT2D eigenvalue weighted by atomic mass is 10.2. The molecule has 0 saturated carbocycles. The molecule has 0 aliphatic heterocycles. The normalized spacial score (nSPS) is 11.2. The number of aromatic nitrogens is 3. The molecule has 0 saturated heterocycles. The van der Waals surface area contributed by atoms with Gasteiger partial charge in [-0.3, -0.25) is 4.57 Å². The molecule has 1 N–H and O–H groups in total. The van der Waals surface area contributed by atoms with Gasteiger partial charge in [-0.25, -0.2) is 14.3 Å². The standard InChI is InChI=1S/C12H13BrFN3OS/c1-7(2)17-11(18)15-16-12(17)19-6-8-3-9(13)5-10(14)4-8/h3-5,7H,6H2,1-2H3,(H,15,18). The molecule has 1 aromatic carbocycles. The van der Waals surface area contributed by atoms with Crippen molar-refractivity contribution in [3.8, 4) is 0 Å². The van der Waals surface area contributed by atoms with Crippen molar-refractivity contribution in [1.29, 1.82) is 0 Å². The lowest BCUT2D eigenvalue weighted by Crippen LogP contribution is -2.19. The van der Waals surface area contributed by atoms with Crippen molar-refractivity contribution < 1.29 is 4.39 Å². The first-order valence-corrected chi connectivity index (χ1v) is 7.50. The van der Waals surface area contributed by atoms with E-state index in [0.717, 1.165) is 5.56 Å². The van der Waals surface area contributed by atoms with Gasteiger partial charge in [0.2, 0.25) is 0 Å². The number of nitrogens with zero attached hydrogens (tertiary/aromatic N) is 2. The zero-order valence-electron chi connectivity index (χ0n) is 10.5. The Kier molecular flexibility index (Phi) is 4.46. The summed E-state index contributed by atoms with van der Waals surface area (Å²) in [6.07, 6.45) is 0. The maximum absolute atomic E-state index is 13.2. The van der Waals surface area contributed by atoms with Crippen LogP contribution < -0.4 is 5.69 Å². The molecule has 0 spiro atoms. The van der Waals surface area contributed by atoms with Crippen molar-refractivity contribution in [2.24, 2.45) is 0 Å². The fourth-order valence-electron chi connectivity index (χ4n) is 1.69. The molecule has 7 heteroatoms. The predicted octanol–water partition coefficient (Wildman–Crippen LogP) is 3.35. The van der Waals surface area contributed by atoms with Gasteiger partial charge in [0.15, 0.2) is 5.16 Å². The molecule has 2 rings (SSSR count). The number of hydrogen-bond donors (Lipinski definition) is 1. The molecular weight excluding hydrogens is 333 g/mol.